The summed E-state index contributed by atoms with van der Waals surface area (Å²) < 4.78 is 28.8. The SMILES string of the molecule is CC(NS(=O)(=O)c1ccc(-c2ccccc2)cc1)c1c(N)cccc1C(=O)Nc1ccncc1. The number of rotatable bonds is 7. The van der Waals surface area contributed by atoms with Gasteiger partial charge in [0.15, 0.2) is 0 Å². The predicted molar refractivity (Wildman–Crippen MR) is 134 cm³/mol. The van der Waals surface area contributed by atoms with E-state index in [1.807, 2.05) is 30.3 Å². The first-order chi connectivity index (χ1) is 16.3. The van der Waals surface area contributed by atoms with Crippen LogP contribution in [0.5, 0.6) is 0 Å². The normalized spacial score (nSPS) is 12.1. The lowest BCUT2D eigenvalue weighted by Gasteiger charge is -2.20. The number of benzene rings is 3. The molecule has 0 saturated heterocycles. The first-order valence-corrected chi connectivity index (χ1v) is 12.1. The maximum Gasteiger partial charge on any atom is 0.256 e. The van der Waals surface area contributed by atoms with Crippen molar-refractivity contribution in [1.29, 1.82) is 0 Å². The summed E-state index contributed by atoms with van der Waals surface area (Å²) in [4.78, 5) is 17.0. The molecule has 3 aromatic carbocycles. The molecular weight excluding hydrogens is 448 g/mol. The number of nitrogen functional groups attached to an aromatic ring is 1. The number of hydrogen-bond acceptors (Lipinski definition) is 5. The van der Waals surface area contributed by atoms with E-state index in [9.17, 15) is 13.2 Å². The van der Waals surface area contributed by atoms with Gasteiger partial charge in [-0.15, -0.1) is 0 Å². The average Bonchev–Trinajstić information content (AvgIpc) is 2.85. The number of nitrogens with one attached hydrogen (secondary N) is 2. The van der Waals surface area contributed by atoms with Gasteiger partial charge >= 0.3 is 0 Å². The van der Waals surface area contributed by atoms with Crippen LogP contribution in [0.3, 0.4) is 0 Å². The molecule has 4 N–H and O–H groups in total. The molecule has 34 heavy (non-hydrogen) atoms. The van der Waals surface area contributed by atoms with E-state index in [4.69, 9.17) is 5.73 Å². The molecule has 1 amide bonds. The zero-order valence-electron chi connectivity index (χ0n) is 18.5. The van der Waals surface area contributed by atoms with E-state index >= 15 is 0 Å². The average molecular weight is 473 g/mol. The van der Waals surface area contributed by atoms with Gasteiger partial charge in [0.05, 0.1) is 4.90 Å². The maximum absolute atomic E-state index is 13.1. The van der Waals surface area contributed by atoms with E-state index in [2.05, 4.69) is 15.0 Å². The molecule has 4 rings (SSSR count). The van der Waals surface area contributed by atoms with Gasteiger partial charge in [-0.2, -0.15) is 0 Å². The lowest BCUT2D eigenvalue weighted by Crippen LogP contribution is -2.29. The summed E-state index contributed by atoms with van der Waals surface area (Å²) in [5, 5.41) is 2.79. The molecule has 8 heteroatoms. The Labute approximate surface area is 198 Å². The fourth-order valence-corrected chi connectivity index (χ4v) is 4.93. The lowest BCUT2D eigenvalue weighted by molar-refractivity contribution is 0.102. The number of nitrogens with two attached hydrogens (primary N) is 1. The minimum atomic E-state index is -3.87. The Morgan fingerprint density at radius 2 is 1.50 bits per heavy atom. The molecule has 0 fully saturated rings. The van der Waals surface area contributed by atoms with Gasteiger partial charge in [-0.3, -0.25) is 9.78 Å². The molecule has 7 nitrogen and oxygen atoms in total. The Bertz CT molecular complexity index is 1390. The number of anilines is 2. The number of aromatic nitrogens is 1. The molecule has 0 aliphatic heterocycles. The Kier molecular flexibility index (Phi) is 6.72. The molecule has 0 aliphatic carbocycles. The van der Waals surface area contributed by atoms with Crippen molar-refractivity contribution in [1.82, 2.24) is 9.71 Å². The minimum absolute atomic E-state index is 0.122. The molecule has 0 radical (unpaired) electrons. The second-order valence-electron chi connectivity index (χ2n) is 7.73. The van der Waals surface area contributed by atoms with Crippen molar-refractivity contribution in [3.63, 3.8) is 0 Å². The standard InChI is InChI=1S/C26H24N4O3S/c1-18(25-23(8-5-9-24(25)27)26(31)29-21-14-16-28-17-15-21)30-34(32,33)22-12-10-20(11-13-22)19-6-3-2-4-7-19/h2-18,30H,27H2,1H3,(H,28,29,31). The number of pyridine rings is 1. The highest BCUT2D eigenvalue weighted by molar-refractivity contribution is 7.89. The van der Waals surface area contributed by atoms with E-state index in [1.165, 1.54) is 0 Å². The summed E-state index contributed by atoms with van der Waals surface area (Å²) in [6.07, 6.45) is 3.13. The van der Waals surface area contributed by atoms with E-state index in [-0.39, 0.29) is 10.5 Å². The van der Waals surface area contributed by atoms with Crippen LogP contribution in [0.4, 0.5) is 11.4 Å². The Balaban J connectivity index is 1.57. The van der Waals surface area contributed by atoms with Crippen molar-refractivity contribution < 1.29 is 13.2 Å². The van der Waals surface area contributed by atoms with Crippen LogP contribution in [0.2, 0.25) is 0 Å². The molecular formula is C26H24N4O3S. The van der Waals surface area contributed by atoms with Crippen LogP contribution >= 0.6 is 0 Å². The third-order valence-electron chi connectivity index (χ3n) is 5.36. The first kappa shape index (κ1) is 23.2. The zero-order valence-corrected chi connectivity index (χ0v) is 19.3. The smallest absolute Gasteiger partial charge is 0.256 e. The molecule has 172 valence electrons. The summed E-state index contributed by atoms with van der Waals surface area (Å²) in [7, 11) is -3.87. The summed E-state index contributed by atoms with van der Waals surface area (Å²) >= 11 is 0. The van der Waals surface area contributed by atoms with Gasteiger partial charge in [0, 0.05) is 40.9 Å². The largest absolute Gasteiger partial charge is 0.398 e. The molecule has 1 heterocycles. The fourth-order valence-electron chi connectivity index (χ4n) is 3.71. The van der Waals surface area contributed by atoms with Crippen molar-refractivity contribution >= 4 is 27.3 Å². The summed E-state index contributed by atoms with van der Waals surface area (Å²) in [6.45, 7) is 1.66. The van der Waals surface area contributed by atoms with E-state index in [0.717, 1.165) is 11.1 Å². The molecule has 0 saturated carbocycles. The third kappa shape index (κ3) is 5.14. The van der Waals surface area contributed by atoms with Gasteiger partial charge in [-0.05, 0) is 54.4 Å². The van der Waals surface area contributed by atoms with Crippen LogP contribution in [0, 0.1) is 0 Å². The van der Waals surface area contributed by atoms with E-state index in [1.54, 1.807) is 73.9 Å². The molecule has 0 bridgehead atoms. The molecule has 1 aromatic heterocycles. The Morgan fingerprint density at radius 1 is 0.853 bits per heavy atom. The third-order valence-corrected chi connectivity index (χ3v) is 6.92. The van der Waals surface area contributed by atoms with Gasteiger partial charge in [-0.25, -0.2) is 13.1 Å². The highest BCUT2D eigenvalue weighted by atomic mass is 32.2. The van der Waals surface area contributed by atoms with Crippen molar-refractivity contribution in [3.8, 4) is 11.1 Å². The van der Waals surface area contributed by atoms with Crippen LogP contribution in [-0.4, -0.2) is 19.3 Å². The van der Waals surface area contributed by atoms with Crippen molar-refractivity contribution in [3.05, 3.63) is 108 Å². The highest BCUT2D eigenvalue weighted by Crippen LogP contribution is 2.28. The summed E-state index contributed by atoms with van der Waals surface area (Å²) in [5.41, 5.74) is 9.65. The van der Waals surface area contributed by atoms with Crippen molar-refractivity contribution in [2.45, 2.75) is 17.9 Å². The van der Waals surface area contributed by atoms with Gasteiger partial charge in [0.2, 0.25) is 10.0 Å². The highest BCUT2D eigenvalue weighted by Gasteiger charge is 2.24. The summed E-state index contributed by atoms with van der Waals surface area (Å²) in [6, 6.07) is 23.8. The lowest BCUT2D eigenvalue weighted by atomic mass is 9.99. The monoisotopic (exact) mass is 472 g/mol. The number of nitrogens with zero attached hydrogens (tertiary/aromatic N) is 1. The van der Waals surface area contributed by atoms with Crippen molar-refractivity contribution in [2.75, 3.05) is 11.1 Å². The van der Waals surface area contributed by atoms with E-state index in [0.29, 0.717) is 16.9 Å². The topological polar surface area (TPSA) is 114 Å². The number of amides is 1. The van der Waals surface area contributed by atoms with Crippen molar-refractivity contribution in [2.24, 2.45) is 0 Å². The molecule has 4 aromatic rings. The Hall–Kier alpha value is -4.01. The number of hydrogen-bond donors (Lipinski definition) is 3. The zero-order chi connectivity index (χ0) is 24.1. The first-order valence-electron chi connectivity index (χ1n) is 10.6. The molecule has 0 spiro atoms. The quantitative estimate of drug-likeness (QED) is 0.340. The van der Waals surface area contributed by atoms with Gasteiger partial charge in [0.1, 0.15) is 0 Å². The second-order valence-corrected chi connectivity index (χ2v) is 9.45. The van der Waals surface area contributed by atoms with E-state index < -0.39 is 22.0 Å². The Morgan fingerprint density at radius 3 is 2.18 bits per heavy atom. The van der Waals surface area contributed by atoms with Crippen LogP contribution in [-0.2, 0) is 10.0 Å². The number of carbonyl (C=O) groups excluding carboxylic acids is 1. The van der Waals surface area contributed by atoms with Gasteiger partial charge in [-0.1, -0.05) is 48.5 Å². The second kappa shape index (κ2) is 9.86. The predicted octanol–water partition coefficient (Wildman–Crippen LogP) is 4.62. The van der Waals surface area contributed by atoms with Crippen LogP contribution in [0.1, 0.15) is 28.9 Å². The number of carbonyl (C=O) groups is 1. The molecule has 1 atom stereocenters. The molecule has 0 aliphatic rings. The fraction of sp³-hybridized carbons (Fsp3) is 0.0769. The molecule has 1 unspecified atom stereocenters. The number of sulfonamides is 1. The minimum Gasteiger partial charge on any atom is -0.398 e. The van der Waals surface area contributed by atoms with Crippen LogP contribution in [0.25, 0.3) is 11.1 Å². The van der Waals surface area contributed by atoms with Gasteiger partial charge < -0.3 is 11.1 Å². The summed E-state index contributed by atoms with van der Waals surface area (Å²) in [5.74, 6) is -0.397. The van der Waals surface area contributed by atoms with Crippen LogP contribution in [0.15, 0.2) is 102 Å². The van der Waals surface area contributed by atoms with Gasteiger partial charge in [0.25, 0.3) is 5.91 Å². The maximum atomic E-state index is 13.1. The van der Waals surface area contributed by atoms with Crippen LogP contribution < -0.4 is 15.8 Å².